The number of rotatable bonds is 6. The van der Waals surface area contributed by atoms with Gasteiger partial charge in [-0.1, -0.05) is 0 Å². The predicted molar refractivity (Wildman–Crippen MR) is 65.3 cm³/mol. The maximum atomic E-state index is 11.4. The van der Waals surface area contributed by atoms with Gasteiger partial charge in [-0.2, -0.15) is 0 Å². The van der Waals surface area contributed by atoms with Gasteiger partial charge in [-0.25, -0.2) is 8.42 Å². The van der Waals surface area contributed by atoms with Gasteiger partial charge in [0.2, 0.25) is 5.91 Å². The van der Waals surface area contributed by atoms with E-state index in [1.54, 1.807) is 6.92 Å². The van der Waals surface area contributed by atoms with E-state index in [0.29, 0.717) is 5.92 Å². The highest BCUT2D eigenvalue weighted by Gasteiger charge is 2.27. The van der Waals surface area contributed by atoms with Crippen LogP contribution >= 0.6 is 12.4 Å². The Balaban J connectivity index is 0.00000225. The Kier molecular flexibility index (Phi) is 6.28. The summed E-state index contributed by atoms with van der Waals surface area (Å²) in [7, 11) is -3.00. The minimum atomic E-state index is -3.00. The number of hydrogen-bond donors (Lipinski definition) is 2. The average molecular weight is 271 g/mol. The number of nitrogens with one attached hydrogen (secondary N) is 1. The second kappa shape index (κ2) is 6.42. The van der Waals surface area contributed by atoms with Crippen LogP contribution in [0.4, 0.5) is 0 Å². The molecule has 0 heterocycles. The average Bonchev–Trinajstić information content (AvgIpc) is 2.86. The summed E-state index contributed by atoms with van der Waals surface area (Å²) in [6.07, 6.45) is 2.04. The van der Waals surface area contributed by atoms with Crippen LogP contribution in [0.5, 0.6) is 0 Å². The van der Waals surface area contributed by atoms with Crippen molar-refractivity contribution < 1.29 is 13.2 Å². The minimum Gasteiger partial charge on any atom is -0.354 e. The largest absolute Gasteiger partial charge is 0.354 e. The van der Waals surface area contributed by atoms with Gasteiger partial charge in [0.1, 0.15) is 0 Å². The van der Waals surface area contributed by atoms with Crippen molar-refractivity contribution in [1.82, 2.24) is 5.32 Å². The van der Waals surface area contributed by atoms with Crippen LogP contribution in [0.25, 0.3) is 0 Å². The molecule has 5 nitrogen and oxygen atoms in total. The molecule has 0 aromatic carbocycles. The summed E-state index contributed by atoms with van der Waals surface area (Å²) in [5.41, 5.74) is 5.32. The lowest BCUT2D eigenvalue weighted by Gasteiger charge is -2.07. The zero-order valence-electron chi connectivity index (χ0n) is 9.31. The Hall–Kier alpha value is -0.330. The first-order chi connectivity index (χ1) is 6.91. The summed E-state index contributed by atoms with van der Waals surface area (Å²) >= 11 is 0. The maximum absolute atomic E-state index is 11.4. The van der Waals surface area contributed by atoms with Gasteiger partial charge in [0.05, 0.1) is 17.5 Å². The van der Waals surface area contributed by atoms with Crippen molar-refractivity contribution in [1.29, 1.82) is 0 Å². The molecule has 96 valence electrons. The highest BCUT2D eigenvalue weighted by molar-refractivity contribution is 7.91. The van der Waals surface area contributed by atoms with Gasteiger partial charge in [-0.15, -0.1) is 12.4 Å². The Morgan fingerprint density at radius 2 is 2.06 bits per heavy atom. The second-order valence-corrected chi connectivity index (χ2v) is 6.37. The highest BCUT2D eigenvalue weighted by atomic mass is 35.5. The van der Waals surface area contributed by atoms with Crippen molar-refractivity contribution in [3.8, 4) is 0 Å². The fraction of sp³-hybridized carbons (Fsp3) is 0.889. The first kappa shape index (κ1) is 15.7. The highest BCUT2D eigenvalue weighted by Crippen LogP contribution is 2.30. The molecule has 1 aliphatic rings. The second-order valence-electron chi connectivity index (χ2n) is 4.14. The molecular weight excluding hydrogens is 252 g/mol. The Labute approximate surface area is 102 Å². The number of carbonyl (C=O) groups is 1. The molecule has 1 saturated carbocycles. The van der Waals surface area contributed by atoms with Crippen molar-refractivity contribution in [2.75, 3.05) is 18.1 Å². The Bertz CT molecular complexity index is 326. The number of sulfone groups is 1. The van der Waals surface area contributed by atoms with Gasteiger partial charge in [-0.05, 0) is 25.7 Å². The first-order valence-electron chi connectivity index (χ1n) is 5.14. The van der Waals surface area contributed by atoms with Crippen LogP contribution in [0, 0.1) is 5.92 Å². The molecule has 3 N–H and O–H groups in total. The number of nitrogens with two attached hydrogens (primary N) is 1. The molecule has 7 heteroatoms. The van der Waals surface area contributed by atoms with Crippen molar-refractivity contribution >= 4 is 28.2 Å². The molecule has 0 spiro atoms. The minimum absolute atomic E-state index is 0. The third kappa shape index (κ3) is 6.30. The van der Waals surface area contributed by atoms with E-state index < -0.39 is 15.9 Å². The van der Waals surface area contributed by atoms with E-state index in [0.717, 1.165) is 12.8 Å². The smallest absolute Gasteiger partial charge is 0.236 e. The van der Waals surface area contributed by atoms with E-state index in [-0.39, 0.29) is 36.4 Å². The molecule has 1 rings (SSSR count). The van der Waals surface area contributed by atoms with Crippen LogP contribution in [0.2, 0.25) is 0 Å². The standard InChI is InChI=1S/C9H18N2O3S.ClH/c1-7(10)9(12)11-4-5-15(13,14)6-8-2-3-8;/h7-8H,2-6,10H2,1H3,(H,11,12);1H/t7-;/m0./s1. The van der Waals surface area contributed by atoms with E-state index >= 15 is 0 Å². The van der Waals surface area contributed by atoms with Gasteiger partial charge < -0.3 is 11.1 Å². The summed E-state index contributed by atoms with van der Waals surface area (Å²) in [6.45, 7) is 1.73. The number of carbonyl (C=O) groups excluding carboxylic acids is 1. The lowest BCUT2D eigenvalue weighted by atomic mass is 10.3. The normalized spacial score (nSPS) is 17.4. The van der Waals surface area contributed by atoms with Crippen LogP contribution in [0.15, 0.2) is 0 Å². The summed E-state index contributed by atoms with van der Waals surface area (Å²) in [6, 6.07) is -0.587. The zero-order chi connectivity index (χ0) is 11.5. The molecule has 0 saturated heterocycles. The van der Waals surface area contributed by atoms with E-state index in [1.807, 2.05) is 0 Å². The van der Waals surface area contributed by atoms with Gasteiger partial charge in [0.15, 0.2) is 9.84 Å². The predicted octanol–water partition coefficient (Wildman–Crippen LogP) is -0.304. The lowest BCUT2D eigenvalue weighted by molar-refractivity contribution is -0.121. The quantitative estimate of drug-likeness (QED) is 0.693. The van der Waals surface area contributed by atoms with Crippen LogP contribution in [-0.2, 0) is 14.6 Å². The van der Waals surface area contributed by atoms with Gasteiger partial charge >= 0.3 is 0 Å². The summed E-state index contributed by atoms with van der Waals surface area (Å²) in [4.78, 5) is 11.0. The molecular formula is C9H19ClN2O3S. The third-order valence-corrected chi connectivity index (χ3v) is 4.12. The molecule has 1 amide bonds. The van der Waals surface area contributed by atoms with Crippen LogP contribution in [-0.4, -0.2) is 38.4 Å². The van der Waals surface area contributed by atoms with Crippen molar-refractivity contribution in [3.63, 3.8) is 0 Å². The fourth-order valence-electron chi connectivity index (χ4n) is 1.22. The Morgan fingerprint density at radius 3 is 2.50 bits per heavy atom. The van der Waals surface area contributed by atoms with Gasteiger partial charge in [-0.3, -0.25) is 4.79 Å². The lowest BCUT2D eigenvalue weighted by Crippen LogP contribution is -2.40. The topological polar surface area (TPSA) is 89.3 Å². The van der Waals surface area contributed by atoms with Crippen LogP contribution < -0.4 is 11.1 Å². The molecule has 0 aliphatic heterocycles. The molecule has 0 aromatic heterocycles. The van der Waals surface area contributed by atoms with Gasteiger partial charge in [0.25, 0.3) is 0 Å². The number of hydrogen-bond acceptors (Lipinski definition) is 4. The van der Waals surface area contributed by atoms with Crippen LogP contribution in [0.3, 0.4) is 0 Å². The van der Waals surface area contributed by atoms with Crippen molar-refractivity contribution in [2.24, 2.45) is 11.7 Å². The molecule has 16 heavy (non-hydrogen) atoms. The van der Waals surface area contributed by atoms with Gasteiger partial charge in [0, 0.05) is 6.54 Å². The molecule has 0 aromatic rings. The third-order valence-electron chi connectivity index (χ3n) is 2.31. The molecule has 1 fully saturated rings. The number of halogens is 1. The molecule has 1 aliphatic carbocycles. The first-order valence-corrected chi connectivity index (χ1v) is 6.96. The number of amides is 1. The molecule has 0 radical (unpaired) electrons. The SMILES string of the molecule is C[C@H](N)C(=O)NCCS(=O)(=O)CC1CC1.Cl. The van der Waals surface area contributed by atoms with E-state index in [2.05, 4.69) is 5.32 Å². The summed E-state index contributed by atoms with van der Waals surface area (Å²) in [5.74, 6) is 0.332. The zero-order valence-corrected chi connectivity index (χ0v) is 10.9. The summed E-state index contributed by atoms with van der Waals surface area (Å²) in [5, 5.41) is 2.49. The van der Waals surface area contributed by atoms with Crippen LogP contribution in [0.1, 0.15) is 19.8 Å². The fourth-order valence-corrected chi connectivity index (χ4v) is 2.85. The maximum Gasteiger partial charge on any atom is 0.236 e. The van der Waals surface area contributed by atoms with E-state index in [1.165, 1.54) is 0 Å². The molecule has 0 bridgehead atoms. The van der Waals surface area contributed by atoms with Crippen molar-refractivity contribution in [2.45, 2.75) is 25.8 Å². The molecule has 0 unspecified atom stereocenters. The van der Waals surface area contributed by atoms with Crippen molar-refractivity contribution in [3.05, 3.63) is 0 Å². The Morgan fingerprint density at radius 1 is 1.50 bits per heavy atom. The monoisotopic (exact) mass is 270 g/mol. The van der Waals surface area contributed by atoms with E-state index in [4.69, 9.17) is 5.73 Å². The molecule has 1 atom stereocenters. The van der Waals surface area contributed by atoms with E-state index in [9.17, 15) is 13.2 Å². The summed E-state index contributed by atoms with van der Waals surface area (Å²) < 4.78 is 22.9.